The number of nitrogens with zero attached hydrogens (tertiary/aromatic N) is 2. The number of carboxylic acids is 1. The van der Waals surface area contributed by atoms with Crippen LogP contribution in [0.1, 0.15) is 10.4 Å². The topological polar surface area (TPSA) is 76.4 Å². The van der Waals surface area contributed by atoms with Crippen LogP contribution in [0.15, 0.2) is 36.9 Å². The first-order valence-electron chi connectivity index (χ1n) is 5.68. The molecule has 0 atom stereocenters. The second kappa shape index (κ2) is 7.63. The van der Waals surface area contributed by atoms with E-state index in [2.05, 4.69) is 4.98 Å². The number of aromatic carboxylic acids is 1. The zero-order valence-corrected chi connectivity index (χ0v) is 11.4. The second-order valence-electron chi connectivity index (χ2n) is 3.80. The van der Waals surface area contributed by atoms with Gasteiger partial charge in [-0.25, -0.2) is 4.98 Å². The standard InChI is InChI=1S/C13H14N2O4.Li/c1-18-12-8-10(13(16)17)2-3-11(12)19-7-6-15-5-4-14-9-15;/h2-5,8-9H,6-7H2,1H3,(H,16,17);/q;+1/p-1. The molecule has 0 N–H and O–H groups in total. The molecule has 100 valence electrons. The quantitative estimate of drug-likeness (QED) is 0.534. The monoisotopic (exact) mass is 268 g/mol. The second-order valence-corrected chi connectivity index (χ2v) is 3.80. The molecule has 0 aliphatic carbocycles. The summed E-state index contributed by atoms with van der Waals surface area (Å²) in [5.74, 6) is -0.386. The SMILES string of the molecule is COc1cc(C(=O)[O-])ccc1OCCn1ccnc1.[Li+]. The molecule has 2 rings (SSSR count). The van der Waals surface area contributed by atoms with E-state index in [0.717, 1.165) is 0 Å². The first kappa shape index (κ1) is 16.2. The summed E-state index contributed by atoms with van der Waals surface area (Å²) in [5, 5.41) is 10.7. The third kappa shape index (κ3) is 4.05. The van der Waals surface area contributed by atoms with Gasteiger partial charge in [0.15, 0.2) is 11.5 Å². The van der Waals surface area contributed by atoms with Gasteiger partial charge in [-0.15, -0.1) is 0 Å². The van der Waals surface area contributed by atoms with Gasteiger partial charge in [0.2, 0.25) is 0 Å². The summed E-state index contributed by atoms with van der Waals surface area (Å²) in [6, 6.07) is 4.35. The summed E-state index contributed by atoms with van der Waals surface area (Å²) >= 11 is 0. The number of imidazole rings is 1. The Morgan fingerprint density at radius 3 is 2.80 bits per heavy atom. The molecule has 7 heteroatoms. The van der Waals surface area contributed by atoms with Gasteiger partial charge in [-0.05, 0) is 18.2 Å². The molecule has 0 unspecified atom stereocenters. The van der Waals surface area contributed by atoms with Crippen LogP contribution in [-0.2, 0) is 6.54 Å². The molecular formula is C13H13LiN2O4. The molecule has 0 aliphatic heterocycles. The van der Waals surface area contributed by atoms with Gasteiger partial charge in [0, 0.05) is 18.0 Å². The first-order chi connectivity index (χ1) is 9.20. The Morgan fingerprint density at radius 2 is 2.20 bits per heavy atom. The van der Waals surface area contributed by atoms with E-state index in [9.17, 15) is 9.90 Å². The molecule has 20 heavy (non-hydrogen) atoms. The van der Waals surface area contributed by atoms with Gasteiger partial charge < -0.3 is 23.9 Å². The average Bonchev–Trinajstić information content (AvgIpc) is 2.92. The number of aromatic nitrogens is 2. The van der Waals surface area contributed by atoms with Crippen molar-refractivity contribution < 1.29 is 38.2 Å². The smallest absolute Gasteiger partial charge is 0.545 e. The summed E-state index contributed by atoms with van der Waals surface area (Å²) in [5.41, 5.74) is 0.0545. The number of carbonyl (C=O) groups is 1. The zero-order valence-electron chi connectivity index (χ0n) is 11.4. The maximum absolute atomic E-state index is 10.7. The van der Waals surface area contributed by atoms with Crippen LogP contribution in [0.5, 0.6) is 11.5 Å². The van der Waals surface area contributed by atoms with Crippen LogP contribution in [0, 0.1) is 0 Å². The summed E-state index contributed by atoms with van der Waals surface area (Å²) in [7, 11) is 1.46. The molecule has 1 aromatic carbocycles. The molecule has 0 radical (unpaired) electrons. The summed E-state index contributed by atoms with van der Waals surface area (Å²) in [6.45, 7) is 1.07. The van der Waals surface area contributed by atoms with Crippen LogP contribution >= 0.6 is 0 Å². The van der Waals surface area contributed by atoms with Gasteiger partial charge in [0.25, 0.3) is 0 Å². The van der Waals surface area contributed by atoms with Gasteiger partial charge in [-0.3, -0.25) is 0 Å². The first-order valence-corrected chi connectivity index (χ1v) is 5.68. The third-order valence-corrected chi connectivity index (χ3v) is 2.57. The Labute approximate surface area is 128 Å². The summed E-state index contributed by atoms with van der Waals surface area (Å²) < 4.78 is 12.5. The number of carbonyl (C=O) groups excluding carboxylic acids is 1. The van der Waals surface area contributed by atoms with Gasteiger partial charge in [-0.2, -0.15) is 0 Å². The van der Waals surface area contributed by atoms with Crippen LogP contribution < -0.4 is 33.4 Å². The normalized spacial score (nSPS) is 9.65. The Morgan fingerprint density at radius 1 is 1.40 bits per heavy atom. The van der Waals surface area contributed by atoms with Crippen LogP contribution in [-0.4, -0.2) is 29.2 Å². The Kier molecular flexibility index (Phi) is 6.16. The minimum atomic E-state index is -1.25. The zero-order chi connectivity index (χ0) is 13.7. The Balaban J connectivity index is 0.00000200. The number of methoxy groups -OCH3 is 1. The third-order valence-electron chi connectivity index (χ3n) is 2.57. The van der Waals surface area contributed by atoms with Crippen molar-refractivity contribution in [2.75, 3.05) is 13.7 Å². The predicted octanol–water partition coefficient (Wildman–Crippen LogP) is -2.66. The van der Waals surface area contributed by atoms with Gasteiger partial charge >= 0.3 is 18.9 Å². The molecule has 0 saturated heterocycles. The van der Waals surface area contributed by atoms with E-state index in [1.54, 1.807) is 18.6 Å². The minimum Gasteiger partial charge on any atom is -0.545 e. The van der Waals surface area contributed by atoms with E-state index >= 15 is 0 Å². The van der Waals surface area contributed by atoms with Gasteiger partial charge in [0.1, 0.15) is 6.61 Å². The molecular weight excluding hydrogens is 255 g/mol. The molecule has 0 bridgehead atoms. The average molecular weight is 268 g/mol. The number of rotatable bonds is 6. The molecule has 2 aromatic rings. The number of benzene rings is 1. The van der Waals surface area contributed by atoms with Gasteiger partial charge in [-0.1, -0.05) is 0 Å². The fourth-order valence-electron chi connectivity index (χ4n) is 1.59. The number of carboxylic acid groups (broad SMARTS) is 1. The molecule has 0 amide bonds. The molecule has 1 aromatic heterocycles. The van der Waals surface area contributed by atoms with E-state index < -0.39 is 5.97 Å². The minimum absolute atomic E-state index is 0. The van der Waals surface area contributed by atoms with Crippen molar-refractivity contribution in [3.8, 4) is 11.5 Å². The molecule has 0 aliphatic rings. The molecule has 0 fully saturated rings. The number of hydrogen-bond donors (Lipinski definition) is 0. The largest absolute Gasteiger partial charge is 1.00 e. The van der Waals surface area contributed by atoms with Crippen LogP contribution in [0.3, 0.4) is 0 Å². The fraction of sp³-hybridized carbons (Fsp3) is 0.231. The maximum atomic E-state index is 10.7. The molecule has 0 spiro atoms. The Hall–Kier alpha value is -1.90. The predicted molar refractivity (Wildman–Crippen MR) is 65.0 cm³/mol. The van der Waals surface area contributed by atoms with Crippen LogP contribution in [0.4, 0.5) is 0 Å². The van der Waals surface area contributed by atoms with E-state index in [1.165, 1.54) is 19.2 Å². The van der Waals surface area contributed by atoms with Crippen molar-refractivity contribution in [3.05, 3.63) is 42.5 Å². The van der Waals surface area contributed by atoms with Gasteiger partial charge in [0.05, 0.1) is 26.0 Å². The maximum Gasteiger partial charge on any atom is 1.00 e. The van der Waals surface area contributed by atoms with Crippen molar-refractivity contribution in [2.45, 2.75) is 6.54 Å². The van der Waals surface area contributed by atoms with Crippen molar-refractivity contribution in [3.63, 3.8) is 0 Å². The fourth-order valence-corrected chi connectivity index (χ4v) is 1.59. The van der Waals surface area contributed by atoms with E-state index in [-0.39, 0.29) is 24.4 Å². The number of ether oxygens (including phenoxy) is 2. The van der Waals surface area contributed by atoms with E-state index in [4.69, 9.17) is 9.47 Å². The van der Waals surface area contributed by atoms with Crippen LogP contribution in [0.25, 0.3) is 0 Å². The van der Waals surface area contributed by atoms with Crippen LogP contribution in [0.2, 0.25) is 0 Å². The Bertz CT molecular complexity index is 558. The van der Waals surface area contributed by atoms with E-state index in [0.29, 0.717) is 24.7 Å². The molecule has 0 saturated carbocycles. The molecule has 1 heterocycles. The van der Waals surface area contributed by atoms with E-state index in [1.807, 2.05) is 10.8 Å². The summed E-state index contributed by atoms with van der Waals surface area (Å²) in [4.78, 5) is 14.7. The van der Waals surface area contributed by atoms with Crippen molar-refractivity contribution in [2.24, 2.45) is 0 Å². The summed E-state index contributed by atoms with van der Waals surface area (Å²) in [6.07, 6.45) is 5.22. The van der Waals surface area contributed by atoms with Crippen molar-refractivity contribution >= 4 is 5.97 Å². The van der Waals surface area contributed by atoms with Crippen molar-refractivity contribution in [1.29, 1.82) is 0 Å². The van der Waals surface area contributed by atoms with Crippen molar-refractivity contribution in [1.82, 2.24) is 9.55 Å². The molecule has 6 nitrogen and oxygen atoms in total. The number of hydrogen-bond acceptors (Lipinski definition) is 5.